The van der Waals surface area contributed by atoms with Gasteiger partial charge in [-0.25, -0.2) is 4.39 Å². The van der Waals surface area contributed by atoms with Gasteiger partial charge in [0, 0.05) is 20.0 Å². The summed E-state index contributed by atoms with van der Waals surface area (Å²) in [5.41, 5.74) is -0.434. The quantitative estimate of drug-likeness (QED) is 0.890. The van der Waals surface area contributed by atoms with E-state index in [9.17, 15) is 14.0 Å². The molecule has 0 heterocycles. The molecule has 1 aromatic carbocycles. The number of amides is 1. The standard InChI is InChI=1S/C14H18FNO3/c1-14(2,13(18)19)8-12(17)16(3)9-10-5-4-6-11(15)7-10/h4-7H,8-9H2,1-3H3,(H,18,19). The second-order valence-electron chi connectivity index (χ2n) is 5.25. The minimum atomic E-state index is -1.10. The Bertz CT molecular complexity index is 485. The van der Waals surface area contributed by atoms with Crippen molar-refractivity contribution in [3.63, 3.8) is 0 Å². The van der Waals surface area contributed by atoms with Crippen molar-refractivity contribution in [2.45, 2.75) is 26.8 Å². The van der Waals surface area contributed by atoms with Gasteiger partial charge < -0.3 is 10.0 Å². The van der Waals surface area contributed by atoms with Gasteiger partial charge in [0.1, 0.15) is 5.82 Å². The fraction of sp³-hybridized carbons (Fsp3) is 0.429. The van der Waals surface area contributed by atoms with Gasteiger partial charge in [0.2, 0.25) is 5.91 Å². The molecule has 0 aliphatic heterocycles. The number of nitrogens with zero attached hydrogens (tertiary/aromatic N) is 1. The van der Waals surface area contributed by atoms with E-state index >= 15 is 0 Å². The molecule has 1 amide bonds. The maximum atomic E-state index is 13.0. The molecule has 0 aliphatic rings. The molecule has 0 fully saturated rings. The third-order valence-corrected chi connectivity index (χ3v) is 2.91. The van der Waals surface area contributed by atoms with Crippen LogP contribution in [0, 0.1) is 11.2 Å². The Morgan fingerprint density at radius 3 is 2.53 bits per heavy atom. The zero-order valence-electron chi connectivity index (χ0n) is 11.3. The molecule has 0 aliphatic carbocycles. The first-order valence-corrected chi connectivity index (χ1v) is 5.94. The van der Waals surface area contributed by atoms with Crippen LogP contribution >= 0.6 is 0 Å². The lowest BCUT2D eigenvalue weighted by Crippen LogP contribution is -2.34. The van der Waals surface area contributed by atoms with Crippen LogP contribution in [0.25, 0.3) is 0 Å². The third kappa shape index (κ3) is 4.35. The van der Waals surface area contributed by atoms with E-state index in [1.165, 1.54) is 30.9 Å². The summed E-state index contributed by atoms with van der Waals surface area (Å²) in [5.74, 6) is -1.65. The van der Waals surface area contributed by atoms with E-state index in [0.717, 1.165) is 0 Å². The molecule has 104 valence electrons. The van der Waals surface area contributed by atoms with Gasteiger partial charge in [-0.2, -0.15) is 0 Å². The van der Waals surface area contributed by atoms with Gasteiger partial charge in [0.05, 0.1) is 5.41 Å². The van der Waals surface area contributed by atoms with Gasteiger partial charge in [-0.1, -0.05) is 12.1 Å². The van der Waals surface area contributed by atoms with Crippen LogP contribution in [0.1, 0.15) is 25.8 Å². The molecule has 0 spiro atoms. The van der Waals surface area contributed by atoms with Crippen LogP contribution in [0.4, 0.5) is 4.39 Å². The van der Waals surface area contributed by atoms with E-state index in [4.69, 9.17) is 5.11 Å². The minimum Gasteiger partial charge on any atom is -0.481 e. The lowest BCUT2D eigenvalue weighted by Gasteiger charge is -2.23. The number of carboxylic acid groups (broad SMARTS) is 1. The van der Waals surface area contributed by atoms with Crippen molar-refractivity contribution in [3.05, 3.63) is 35.6 Å². The molecule has 5 heteroatoms. The number of carbonyl (C=O) groups is 2. The van der Waals surface area contributed by atoms with Crippen LogP contribution in [0.5, 0.6) is 0 Å². The summed E-state index contributed by atoms with van der Waals surface area (Å²) in [4.78, 5) is 24.3. The Labute approximate surface area is 111 Å². The van der Waals surface area contributed by atoms with Crippen LogP contribution in [-0.2, 0) is 16.1 Å². The normalized spacial score (nSPS) is 11.2. The molecule has 19 heavy (non-hydrogen) atoms. The Balaban J connectivity index is 2.66. The number of rotatable bonds is 5. The molecule has 0 bridgehead atoms. The Morgan fingerprint density at radius 1 is 1.37 bits per heavy atom. The summed E-state index contributed by atoms with van der Waals surface area (Å²) in [6.07, 6.45) is -0.0891. The van der Waals surface area contributed by atoms with Gasteiger partial charge in [-0.15, -0.1) is 0 Å². The molecule has 0 radical (unpaired) electrons. The average molecular weight is 267 g/mol. The van der Waals surface area contributed by atoms with Crippen molar-refractivity contribution >= 4 is 11.9 Å². The predicted molar refractivity (Wildman–Crippen MR) is 68.9 cm³/mol. The van der Waals surface area contributed by atoms with Crippen molar-refractivity contribution in [1.82, 2.24) is 4.90 Å². The molecule has 0 aromatic heterocycles. The minimum absolute atomic E-state index is 0.0891. The van der Waals surface area contributed by atoms with E-state index in [0.29, 0.717) is 5.56 Å². The highest BCUT2D eigenvalue weighted by Gasteiger charge is 2.31. The third-order valence-electron chi connectivity index (χ3n) is 2.91. The van der Waals surface area contributed by atoms with Crippen molar-refractivity contribution < 1.29 is 19.1 Å². The molecule has 4 nitrogen and oxygen atoms in total. The highest BCUT2D eigenvalue weighted by molar-refractivity contribution is 5.84. The zero-order chi connectivity index (χ0) is 14.6. The molecule has 0 saturated carbocycles. The topological polar surface area (TPSA) is 57.6 Å². The van der Waals surface area contributed by atoms with E-state index in [2.05, 4.69) is 0 Å². The number of benzene rings is 1. The monoisotopic (exact) mass is 267 g/mol. The van der Waals surface area contributed by atoms with Crippen molar-refractivity contribution in [2.24, 2.45) is 5.41 Å². The molecule has 1 rings (SSSR count). The zero-order valence-corrected chi connectivity index (χ0v) is 11.3. The smallest absolute Gasteiger partial charge is 0.309 e. The van der Waals surface area contributed by atoms with E-state index in [1.807, 2.05) is 0 Å². The van der Waals surface area contributed by atoms with Crippen LogP contribution in [0.3, 0.4) is 0 Å². The number of carboxylic acids is 1. The van der Waals surface area contributed by atoms with Gasteiger partial charge >= 0.3 is 5.97 Å². The molecule has 0 atom stereocenters. The first-order valence-electron chi connectivity index (χ1n) is 5.94. The highest BCUT2D eigenvalue weighted by Crippen LogP contribution is 2.22. The molecule has 1 N–H and O–H groups in total. The lowest BCUT2D eigenvalue weighted by molar-refractivity contribution is -0.151. The molecule has 1 aromatic rings. The summed E-state index contributed by atoms with van der Waals surface area (Å²) in [6.45, 7) is 3.26. The van der Waals surface area contributed by atoms with E-state index in [1.54, 1.807) is 19.2 Å². The second kappa shape index (κ2) is 5.82. The number of aliphatic carboxylic acids is 1. The molecular weight excluding hydrogens is 249 g/mol. The maximum Gasteiger partial charge on any atom is 0.309 e. The van der Waals surface area contributed by atoms with Crippen LogP contribution in [0.2, 0.25) is 0 Å². The second-order valence-corrected chi connectivity index (χ2v) is 5.25. The maximum absolute atomic E-state index is 13.0. The van der Waals surface area contributed by atoms with Gasteiger partial charge in [0.25, 0.3) is 0 Å². The summed E-state index contributed by atoms with van der Waals surface area (Å²) in [6, 6.07) is 5.98. The summed E-state index contributed by atoms with van der Waals surface area (Å²) in [5, 5.41) is 8.98. The number of halogens is 1. The number of hydrogen-bond donors (Lipinski definition) is 1. The molecule has 0 unspecified atom stereocenters. The number of carbonyl (C=O) groups excluding carboxylic acids is 1. The summed E-state index contributed by atoms with van der Waals surface area (Å²) in [7, 11) is 1.57. The number of hydrogen-bond acceptors (Lipinski definition) is 2. The van der Waals surface area contributed by atoms with Gasteiger partial charge in [-0.3, -0.25) is 9.59 Å². The molecular formula is C14H18FNO3. The fourth-order valence-corrected chi connectivity index (χ4v) is 1.59. The fourth-order valence-electron chi connectivity index (χ4n) is 1.59. The lowest BCUT2D eigenvalue weighted by atomic mass is 9.89. The van der Waals surface area contributed by atoms with Crippen LogP contribution in [0.15, 0.2) is 24.3 Å². The van der Waals surface area contributed by atoms with Crippen molar-refractivity contribution in [1.29, 1.82) is 0 Å². The largest absolute Gasteiger partial charge is 0.481 e. The first-order chi connectivity index (χ1) is 8.72. The van der Waals surface area contributed by atoms with Crippen molar-refractivity contribution in [3.8, 4) is 0 Å². The highest BCUT2D eigenvalue weighted by atomic mass is 19.1. The van der Waals surface area contributed by atoms with E-state index in [-0.39, 0.29) is 24.7 Å². The van der Waals surface area contributed by atoms with Crippen LogP contribution in [-0.4, -0.2) is 28.9 Å². The van der Waals surface area contributed by atoms with Gasteiger partial charge in [0.15, 0.2) is 0 Å². The van der Waals surface area contributed by atoms with Crippen LogP contribution < -0.4 is 0 Å². The Morgan fingerprint density at radius 2 is 2.00 bits per heavy atom. The average Bonchev–Trinajstić information content (AvgIpc) is 2.28. The van der Waals surface area contributed by atoms with E-state index < -0.39 is 11.4 Å². The SMILES string of the molecule is CN(Cc1cccc(F)c1)C(=O)CC(C)(C)C(=O)O. The molecule has 0 saturated heterocycles. The Kier molecular flexibility index (Phi) is 4.64. The van der Waals surface area contributed by atoms with Gasteiger partial charge in [-0.05, 0) is 31.5 Å². The Hall–Kier alpha value is -1.91. The van der Waals surface area contributed by atoms with Crippen molar-refractivity contribution in [2.75, 3.05) is 7.05 Å². The predicted octanol–water partition coefficient (Wildman–Crippen LogP) is 2.29. The summed E-state index contributed by atoms with van der Waals surface area (Å²) >= 11 is 0. The summed E-state index contributed by atoms with van der Waals surface area (Å²) < 4.78 is 13.0. The first kappa shape index (κ1) is 15.1.